The van der Waals surface area contributed by atoms with Gasteiger partial charge in [0.15, 0.2) is 0 Å². The summed E-state index contributed by atoms with van der Waals surface area (Å²) in [4.78, 5) is 20.8. The molecule has 2 N–H and O–H groups in total. The molecule has 126 valence electrons. The van der Waals surface area contributed by atoms with Crippen molar-refractivity contribution < 1.29 is 4.79 Å². The van der Waals surface area contributed by atoms with Crippen molar-refractivity contribution in [1.82, 2.24) is 14.8 Å². The molecule has 1 aromatic carbocycles. The van der Waals surface area contributed by atoms with Crippen LogP contribution in [0, 0.1) is 0 Å². The lowest BCUT2D eigenvalue weighted by Crippen LogP contribution is -2.53. The number of nitrogens with zero attached hydrogens (tertiary/aromatic N) is 3. The maximum absolute atomic E-state index is 12.5. The standard InChI is InChI=1S/C19H24N4O/c20-18(14-16-4-2-1-3-5-16)19(24)23-12-10-22(11-13-23)15-17-6-8-21-9-7-17/h1-9,18H,10-15,20H2. The predicted molar refractivity (Wildman–Crippen MR) is 94.2 cm³/mol. The Hall–Kier alpha value is -2.24. The summed E-state index contributed by atoms with van der Waals surface area (Å²) in [5.41, 5.74) is 8.49. The maximum atomic E-state index is 12.5. The molecule has 1 atom stereocenters. The van der Waals surface area contributed by atoms with Crippen molar-refractivity contribution in [2.24, 2.45) is 5.73 Å². The first-order valence-electron chi connectivity index (χ1n) is 8.42. The Bertz CT molecular complexity index is 639. The first-order valence-corrected chi connectivity index (χ1v) is 8.42. The fraction of sp³-hybridized carbons (Fsp3) is 0.368. The van der Waals surface area contributed by atoms with Gasteiger partial charge in [0.1, 0.15) is 0 Å². The van der Waals surface area contributed by atoms with Crippen molar-refractivity contribution in [1.29, 1.82) is 0 Å². The Morgan fingerprint density at radius 1 is 1.00 bits per heavy atom. The minimum atomic E-state index is -0.459. The van der Waals surface area contributed by atoms with Crippen molar-refractivity contribution in [3.05, 3.63) is 66.0 Å². The zero-order chi connectivity index (χ0) is 16.8. The largest absolute Gasteiger partial charge is 0.339 e. The van der Waals surface area contributed by atoms with Crippen LogP contribution in [0.2, 0.25) is 0 Å². The molecular weight excluding hydrogens is 300 g/mol. The van der Waals surface area contributed by atoms with Gasteiger partial charge in [-0.2, -0.15) is 0 Å². The lowest BCUT2D eigenvalue weighted by atomic mass is 10.1. The number of hydrogen-bond acceptors (Lipinski definition) is 4. The number of hydrogen-bond donors (Lipinski definition) is 1. The molecule has 1 amide bonds. The van der Waals surface area contributed by atoms with Gasteiger partial charge in [0.05, 0.1) is 6.04 Å². The van der Waals surface area contributed by atoms with Crippen LogP contribution in [-0.2, 0) is 17.8 Å². The molecule has 1 unspecified atom stereocenters. The van der Waals surface area contributed by atoms with Gasteiger partial charge in [-0.25, -0.2) is 0 Å². The zero-order valence-electron chi connectivity index (χ0n) is 13.8. The normalized spacial score (nSPS) is 16.8. The highest BCUT2D eigenvalue weighted by Crippen LogP contribution is 2.10. The van der Waals surface area contributed by atoms with E-state index < -0.39 is 6.04 Å². The van der Waals surface area contributed by atoms with E-state index >= 15 is 0 Å². The summed E-state index contributed by atoms with van der Waals surface area (Å²) in [6.07, 6.45) is 4.23. The van der Waals surface area contributed by atoms with Crippen molar-refractivity contribution in [3.63, 3.8) is 0 Å². The van der Waals surface area contributed by atoms with E-state index in [9.17, 15) is 4.79 Å². The number of pyridine rings is 1. The minimum absolute atomic E-state index is 0.0578. The second-order valence-electron chi connectivity index (χ2n) is 6.25. The number of nitrogens with two attached hydrogens (primary N) is 1. The van der Waals surface area contributed by atoms with Gasteiger partial charge in [-0.15, -0.1) is 0 Å². The smallest absolute Gasteiger partial charge is 0.239 e. The molecule has 1 saturated heterocycles. The van der Waals surface area contributed by atoms with Crippen molar-refractivity contribution >= 4 is 5.91 Å². The van der Waals surface area contributed by atoms with E-state index in [1.807, 2.05) is 59.8 Å². The first kappa shape index (κ1) is 16.6. The number of benzene rings is 1. The fourth-order valence-electron chi connectivity index (χ4n) is 3.06. The predicted octanol–water partition coefficient (Wildman–Crippen LogP) is 1.30. The summed E-state index contributed by atoms with van der Waals surface area (Å²) in [5, 5.41) is 0. The Kier molecular flexibility index (Phi) is 5.56. The molecule has 1 aliphatic heterocycles. The molecule has 0 saturated carbocycles. The molecule has 5 nitrogen and oxygen atoms in total. The van der Waals surface area contributed by atoms with Crippen LogP contribution in [0.15, 0.2) is 54.9 Å². The summed E-state index contributed by atoms with van der Waals surface area (Å²) >= 11 is 0. The first-order chi connectivity index (χ1) is 11.7. The SMILES string of the molecule is NC(Cc1ccccc1)C(=O)N1CCN(Cc2ccncc2)CC1. The Morgan fingerprint density at radius 3 is 2.33 bits per heavy atom. The quantitative estimate of drug-likeness (QED) is 0.900. The summed E-state index contributed by atoms with van der Waals surface area (Å²) < 4.78 is 0. The van der Waals surface area contributed by atoms with Gasteiger partial charge in [-0.1, -0.05) is 30.3 Å². The third-order valence-electron chi connectivity index (χ3n) is 4.46. The van der Waals surface area contributed by atoms with Crippen LogP contribution < -0.4 is 5.73 Å². The number of rotatable bonds is 5. The zero-order valence-corrected chi connectivity index (χ0v) is 13.8. The second-order valence-corrected chi connectivity index (χ2v) is 6.25. The van der Waals surface area contributed by atoms with Gasteiger partial charge in [0.25, 0.3) is 0 Å². The fourth-order valence-corrected chi connectivity index (χ4v) is 3.06. The maximum Gasteiger partial charge on any atom is 0.239 e. The molecule has 0 spiro atoms. The molecule has 3 rings (SSSR count). The van der Waals surface area contributed by atoms with Gasteiger partial charge in [-0.05, 0) is 29.7 Å². The number of aromatic nitrogens is 1. The number of piperazine rings is 1. The number of amides is 1. The molecule has 2 aromatic rings. The number of carbonyl (C=O) groups is 1. The molecular formula is C19H24N4O. The lowest BCUT2D eigenvalue weighted by Gasteiger charge is -2.36. The Morgan fingerprint density at radius 2 is 1.67 bits per heavy atom. The van der Waals surface area contributed by atoms with E-state index in [0.717, 1.165) is 38.3 Å². The summed E-state index contributed by atoms with van der Waals surface area (Å²) in [6, 6.07) is 13.6. The van der Waals surface area contributed by atoms with Crippen LogP contribution in [-0.4, -0.2) is 52.9 Å². The summed E-state index contributed by atoms with van der Waals surface area (Å²) in [5.74, 6) is 0.0578. The van der Waals surface area contributed by atoms with Gasteiger partial charge < -0.3 is 10.6 Å². The van der Waals surface area contributed by atoms with E-state index in [1.54, 1.807) is 0 Å². The van der Waals surface area contributed by atoms with E-state index in [0.29, 0.717) is 6.42 Å². The molecule has 1 aliphatic rings. The van der Waals surface area contributed by atoms with Crippen LogP contribution in [0.5, 0.6) is 0 Å². The lowest BCUT2D eigenvalue weighted by molar-refractivity contribution is -0.134. The Labute approximate surface area is 143 Å². The van der Waals surface area contributed by atoms with E-state index in [2.05, 4.69) is 9.88 Å². The molecule has 5 heteroatoms. The highest BCUT2D eigenvalue weighted by Gasteiger charge is 2.25. The van der Waals surface area contributed by atoms with Gasteiger partial charge in [0, 0.05) is 45.1 Å². The third-order valence-corrected chi connectivity index (χ3v) is 4.46. The highest BCUT2D eigenvalue weighted by atomic mass is 16.2. The molecule has 2 heterocycles. The summed E-state index contributed by atoms with van der Waals surface area (Å²) in [7, 11) is 0. The highest BCUT2D eigenvalue weighted by molar-refractivity contribution is 5.82. The van der Waals surface area contributed by atoms with Crippen molar-refractivity contribution in [3.8, 4) is 0 Å². The van der Waals surface area contributed by atoms with Crippen LogP contribution in [0.4, 0.5) is 0 Å². The van der Waals surface area contributed by atoms with Gasteiger partial charge >= 0.3 is 0 Å². The van der Waals surface area contributed by atoms with Crippen LogP contribution in [0.25, 0.3) is 0 Å². The average molecular weight is 324 g/mol. The van der Waals surface area contributed by atoms with Crippen LogP contribution in [0.3, 0.4) is 0 Å². The van der Waals surface area contributed by atoms with Crippen LogP contribution >= 0.6 is 0 Å². The molecule has 1 aromatic heterocycles. The van der Waals surface area contributed by atoms with Gasteiger partial charge in [0.2, 0.25) is 5.91 Å². The molecule has 0 radical (unpaired) electrons. The molecule has 24 heavy (non-hydrogen) atoms. The third kappa shape index (κ3) is 4.40. The van der Waals surface area contributed by atoms with Crippen LogP contribution in [0.1, 0.15) is 11.1 Å². The number of carbonyl (C=O) groups excluding carboxylic acids is 1. The summed E-state index contributed by atoms with van der Waals surface area (Å²) in [6.45, 7) is 4.15. The minimum Gasteiger partial charge on any atom is -0.339 e. The van der Waals surface area contributed by atoms with E-state index in [-0.39, 0.29) is 5.91 Å². The van der Waals surface area contributed by atoms with Crippen molar-refractivity contribution in [2.45, 2.75) is 19.0 Å². The average Bonchev–Trinajstić information content (AvgIpc) is 2.63. The topological polar surface area (TPSA) is 62.5 Å². The van der Waals surface area contributed by atoms with E-state index in [1.165, 1.54) is 5.56 Å². The van der Waals surface area contributed by atoms with Gasteiger partial charge in [-0.3, -0.25) is 14.7 Å². The van der Waals surface area contributed by atoms with Crippen molar-refractivity contribution in [2.75, 3.05) is 26.2 Å². The molecule has 0 aliphatic carbocycles. The Balaban J connectivity index is 1.48. The monoisotopic (exact) mass is 324 g/mol. The van der Waals surface area contributed by atoms with E-state index in [4.69, 9.17) is 5.73 Å². The molecule has 0 bridgehead atoms. The molecule has 1 fully saturated rings. The second kappa shape index (κ2) is 8.04.